The minimum atomic E-state index is 0.840. The van der Waals surface area contributed by atoms with Crippen LogP contribution in [0.15, 0.2) is 30.6 Å². The normalized spacial score (nSPS) is 15.3. The third kappa shape index (κ3) is 2.77. The maximum atomic E-state index is 4.67. The van der Waals surface area contributed by atoms with E-state index in [1.54, 1.807) is 6.20 Å². The minimum absolute atomic E-state index is 0.840. The molecule has 3 heterocycles. The lowest BCUT2D eigenvalue weighted by Gasteiger charge is -2.28. The lowest BCUT2D eigenvalue weighted by atomic mass is 10.2. The molecule has 5 nitrogen and oxygen atoms in total. The molecule has 0 amide bonds. The molecule has 104 valence electrons. The first kappa shape index (κ1) is 13.0. The van der Waals surface area contributed by atoms with Gasteiger partial charge in [0, 0.05) is 56.6 Å². The van der Waals surface area contributed by atoms with Crippen LogP contribution in [0.5, 0.6) is 0 Å². The highest BCUT2D eigenvalue weighted by atomic mass is 15.2. The molecule has 1 fully saturated rings. The molecule has 5 heteroatoms. The SMILES string of the molecule is CCc1nc(-c2cccnc2)cc(N2CCNCC2)n1. The number of pyridine rings is 1. The van der Waals surface area contributed by atoms with Gasteiger partial charge >= 0.3 is 0 Å². The third-order valence-electron chi connectivity index (χ3n) is 3.47. The van der Waals surface area contributed by atoms with Gasteiger partial charge in [0.25, 0.3) is 0 Å². The fraction of sp³-hybridized carbons (Fsp3) is 0.400. The molecule has 0 bridgehead atoms. The molecule has 0 atom stereocenters. The molecule has 3 rings (SSSR count). The summed E-state index contributed by atoms with van der Waals surface area (Å²) >= 11 is 0. The van der Waals surface area contributed by atoms with Crippen LogP contribution in [0, 0.1) is 0 Å². The summed E-state index contributed by atoms with van der Waals surface area (Å²) < 4.78 is 0. The Bertz CT molecular complexity index is 564. The number of nitrogens with zero attached hydrogens (tertiary/aromatic N) is 4. The summed E-state index contributed by atoms with van der Waals surface area (Å²) in [4.78, 5) is 15.8. The van der Waals surface area contributed by atoms with Crippen LogP contribution in [0.2, 0.25) is 0 Å². The number of anilines is 1. The van der Waals surface area contributed by atoms with E-state index in [-0.39, 0.29) is 0 Å². The molecular formula is C15H19N5. The largest absolute Gasteiger partial charge is 0.354 e. The van der Waals surface area contributed by atoms with E-state index in [1.165, 1.54) is 0 Å². The second-order valence-corrected chi connectivity index (χ2v) is 4.86. The average Bonchev–Trinajstić information content (AvgIpc) is 2.56. The van der Waals surface area contributed by atoms with Gasteiger partial charge in [0.05, 0.1) is 5.69 Å². The monoisotopic (exact) mass is 269 g/mol. The zero-order valence-electron chi connectivity index (χ0n) is 11.7. The average molecular weight is 269 g/mol. The second-order valence-electron chi connectivity index (χ2n) is 4.86. The van der Waals surface area contributed by atoms with Crippen molar-refractivity contribution in [2.24, 2.45) is 0 Å². The zero-order valence-corrected chi connectivity index (χ0v) is 11.7. The van der Waals surface area contributed by atoms with Crippen LogP contribution >= 0.6 is 0 Å². The fourth-order valence-corrected chi connectivity index (χ4v) is 2.36. The van der Waals surface area contributed by atoms with E-state index in [1.807, 2.05) is 18.3 Å². The summed E-state index contributed by atoms with van der Waals surface area (Å²) in [6.07, 6.45) is 4.47. The standard InChI is InChI=1S/C15H19N5/c1-2-14-18-13(12-4-3-5-17-11-12)10-15(19-14)20-8-6-16-7-9-20/h3-5,10-11,16H,2,6-9H2,1H3. The zero-order chi connectivity index (χ0) is 13.8. The van der Waals surface area contributed by atoms with Gasteiger partial charge < -0.3 is 10.2 Å². The number of rotatable bonds is 3. The molecule has 0 spiro atoms. The van der Waals surface area contributed by atoms with Crippen molar-refractivity contribution in [3.8, 4) is 11.3 Å². The van der Waals surface area contributed by atoms with E-state index < -0.39 is 0 Å². The topological polar surface area (TPSA) is 53.9 Å². The van der Waals surface area contributed by atoms with Crippen LogP contribution in [-0.2, 0) is 6.42 Å². The molecule has 1 N–H and O–H groups in total. The molecule has 2 aromatic rings. The number of piperazine rings is 1. The van der Waals surface area contributed by atoms with Gasteiger partial charge in [-0.3, -0.25) is 4.98 Å². The quantitative estimate of drug-likeness (QED) is 0.915. The second kappa shape index (κ2) is 5.96. The summed E-state index contributed by atoms with van der Waals surface area (Å²) in [6, 6.07) is 6.05. The van der Waals surface area contributed by atoms with Crippen LogP contribution in [0.1, 0.15) is 12.7 Å². The van der Waals surface area contributed by atoms with E-state index in [4.69, 9.17) is 0 Å². The number of nitrogens with one attached hydrogen (secondary N) is 1. The van der Waals surface area contributed by atoms with Gasteiger partial charge in [0.15, 0.2) is 0 Å². The summed E-state index contributed by atoms with van der Waals surface area (Å²) in [5.74, 6) is 1.91. The fourth-order valence-electron chi connectivity index (χ4n) is 2.36. The predicted molar refractivity (Wildman–Crippen MR) is 79.7 cm³/mol. The highest BCUT2D eigenvalue weighted by molar-refractivity contribution is 5.62. The van der Waals surface area contributed by atoms with Crippen molar-refractivity contribution in [3.05, 3.63) is 36.4 Å². The third-order valence-corrected chi connectivity index (χ3v) is 3.47. The maximum absolute atomic E-state index is 4.67. The summed E-state index contributed by atoms with van der Waals surface area (Å²) in [5.41, 5.74) is 2.00. The van der Waals surface area contributed by atoms with E-state index in [2.05, 4.69) is 38.2 Å². The van der Waals surface area contributed by atoms with Crippen molar-refractivity contribution in [1.82, 2.24) is 20.3 Å². The van der Waals surface area contributed by atoms with E-state index in [0.29, 0.717) is 0 Å². The first-order valence-corrected chi connectivity index (χ1v) is 7.11. The molecule has 0 saturated carbocycles. The van der Waals surface area contributed by atoms with Crippen LogP contribution in [0.25, 0.3) is 11.3 Å². The Hall–Kier alpha value is -2.01. The van der Waals surface area contributed by atoms with Crippen LogP contribution in [0.3, 0.4) is 0 Å². The number of hydrogen-bond acceptors (Lipinski definition) is 5. The highest BCUT2D eigenvalue weighted by Gasteiger charge is 2.14. The minimum Gasteiger partial charge on any atom is -0.354 e. The van der Waals surface area contributed by atoms with Crippen molar-refractivity contribution in [3.63, 3.8) is 0 Å². The van der Waals surface area contributed by atoms with Gasteiger partial charge in [-0.1, -0.05) is 6.92 Å². The van der Waals surface area contributed by atoms with Crippen LogP contribution in [0.4, 0.5) is 5.82 Å². The van der Waals surface area contributed by atoms with Crippen molar-refractivity contribution in [2.75, 3.05) is 31.1 Å². The first-order chi connectivity index (χ1) is 9.86. The Balaban J connectivity index is 1.98. The Morgan fingerprint density at radius 1 is 1.25 bits per heavy atom. The van der Waals surface area contributed by atoms with Crippen LogP contribution in [-0.4, -0.2) is 41.1 Å². The summed E-state index contributed by atoms with van der Waals surface area (Å²) in [5, 5.41) is 3.36. The van der Waals surface area contributed by atoms with Gasteiger partial charge in [0.1, 0.15) is 11.6 Å². The molecule has 0 radical (unpaired) electrons. The summed E-state index contributed by atoms with van der Waals surface area (Å²) in [7, 11) is 0. The Labute approximate surface area is 119 Å². The maximum Gasteiger partial charge on any atom is 0.132 e. The molecule has 1 saturated heterocycles. The Morgan fingerprint density at radius 2 is 2.10 bits per heavy atom. The van der Waals surface area contributed by atoms with Gasteiger partial charge in [0.2, 0.25) is 0 Å². The lowest BCUT2D eigenvalue weighted by Crippen LogP contribution is -2.44. The summed E-state index contributed by atoms with van der Waals surface area (Å²) in [6.45, 7) is 6.09. The number of hydrogen-bond donors (Lipinski definition) is 1. The van der Waals surface area contributed by atoms with Crippen molar-refractivity contribution in [2.45, 2.75) is 13.3 Å². The van der Waals surface area contributed by atoms with Gasteiger partial charge in [-0.25, -0.2) is 9.97 Å². The highest BCUT2D eigenvalue weighted by Crippen LogP contribution is 2.21. The van der Waals surface area contributed by atoms with Crippen molar-refractivity contribution >= 4 is 5.82 Å². The number of aryl methyl sites for hydroxylation is 1. The number of aromatic nitrogens is 3. The van der Waals surface area contributed by atoms with E-state index in [0.717, 1.165) is 55.5 Å². The van der Waals surface area contributed by atoms with Crippen LogP contribution < -0.4 is 10.2 Å². The molecule has 1 aliphatic heterocycles. The van der Waals surface area contributed by atoms with E-state index in [9.17, 15) is 0 Å². The van der Waals surface area contributed by atoms with Gasteiger partial charge in [-0.15, -0.1) is 0 Å². The molecule has 0 aromatic carbocycles. The van der Waals surface area contributed by atoms with E-state index >= 15 is 0 Å². The Morgan fingerprint density at radius 3 is 2.80 bits per heavy atom. The Kier molecular flexibility index (Phi) is 3.87. The molecule has 0 aliphatic carbocycles. The molecular weight excluding hydrogens is 250 g/mol. The molecule has 1 aliphatic rings. The lowest BCUT2D eigenvalue weighted by molar-refractivity contribution is 0.583. The first-order valence-electron chi connectivity index (χ1n) is 7.11. The van der Waals surface area contributed by atoms with Gasteiger partial charge in [-0.05, 0) is 12.1 Å². The predicted octanol–water partition coefficient (Wildman–Crippen LogP) is 1.51. The molecule has 0 unspecified atom stereocenters. The molecule has 2 aromatic heterocycles. The molecule has 20 heavy (non-hydrogen) atoms. The van der Waals surface area contributed by atoms with Gasteiger partial charge in [-0.2, -0.15) is 0 Å². The smallest absolute Gasteiger partial charge is 0.132 e. The van der Waals surface area contributed by atoms with Crippen molar-refractivity contribution < 1.29 is 0 Å². The van der Waals surface area contributed by atoms with Crippen molar-refractivity contribution in [1.29, 1.82) is 0 Å².